The van der Waals surface area contributed by atoms with Crippen LogP contribution in [0.15, 0.2) is 66.2 Å². The van der Waals surface area contributed by atoms with Gasteiger partial charge in [0.2, 0.25) is 0 Å². The molecule has 0 aliphatic carbocycles. The number of benzene rings is 2. The van der Waals surface area contributed by atoms with Crippen LogP contribution in [0.1, 0.15) is 43.7 Å². The van der Waals surface area contributed by atoms with Crippen LogP contribution in [0.3, 0.4) is 0 Å². The topological polar surface area (TPSA) is 0 Å². The van der Waals surface area contributed by atoms with Crippen LogP contribution in [-0.2, 0) is 0 Å². The molecule has 2 aromatic carbocycles. The van der Waals surface area contributed by atoms with E-state index in [9.17, 15) is 0 Å². The lowest BCUT2D eigenvalue weighted by atomic mass is 9.91. The van der Waals surface area contributed by atoms with Crippen molar-refractivity contribution in [3.63, 3.8) is 0 Å². The van der Waals surface area contributed by atoms with Crippen LogP contribution >= 0.6 is 0 Å². The summed E-state index contributed by atoms with van der Waals surface area (Å²) in [5, 5.41) is 0. The SMILES string of the molecule is [CH2]C(CCCCC)=C(c1ccccc1)c1ccccc1. The summed E-state index contributed by atoms with van der Waals surface area (Å²) in [5.41, 5.74) is 5.07. The van der Waals surface area contributed by atoms with Gasteiger partial charge in [-0.05, 0) is 36.5 Å². The van der Waals surface area contributed by atoms with Gasteiger partial charge >= 0.3 is 0 Å². The van der Waals surface area contributed by atoms with E-state index < -0.39 is 0 Å². The Morgan fingerprint density at radius 3 is 1.75 bits per heavy atom. The summed E-state index contributed by atoms with van der Waals surface area (Å²) in [5.74, 6) is 0. The van der Waals surface area contributed by atoms with Crippen LogP contribution in [0.25, 0.3) is 5.57 Å². The summed E-state index contributed by atoms with van der Waals surface area (Å²) >= 11 is 0. The summed E-state index contributed by atoms with van der Waals surface area (Å²) in [7, 11) is 0. The van der Waals surface area contributed by atoms with E-state index in [1.807, 2.05) is 0 Å². The van der Waals surface area contributed by atoms with Crippen molar-refractivity contribution < 1.29 is 0 Å². The highest BCUT2D eigenvalue weighted by Gasteiger charge is 2.08. The maximum Gasteiger partial charge on any atom is -0.0119 e. The Morgan fingerprint density at radius 1 is 0.800 bits per heavy atom. The quantitative estimate of drug-likeness (QED) is 0.569. The van der Waals surface area contributed by atoms with Gasteiger partial charge in [-0.2, -0.15) is 0 Å². The first-order valence-corrected chi connectivity index (χ1v) is 7.49. The van der Waals surface area contributed by atoms with Gasteiger partial charge in [0.15, 0.2) is 0 Å². The van der Waals surface area contributed by atoms with Crippen molar-refractivity contribution in [1.29, 1.82) is 0 Å². The van der Waals surface area contributed by atoms with Crippen molar-refractivity contribution >= 4 is 5.57 Å². The molecule has 0 spiro atoms. The van der Waals surface area contributed by atoms with Crippen LogP contribution in [0, 0.1) is 6.92 Å². The van der Waals surface area contributed by atoms with Gasteiger partial charge in [0.1, 0.15) is 0 Å². The first-order chi connectivity index (χ1) is 9.83. The lowest BCUT2D eigenvalue weighted by Crippen LogP contribution is -1.93. The van der Waals surface area contributed by atoms with Gasteiger partial charge in [0, 0.05) is 0 Å². The molecule has 0 nitrogen and oxygen atoms in total. The molecule has 0 saturated carbocycles. The molecule has 0 fully saturated rings. The maximum absolute atomic E-state index is 4.34. The molecule has 0 aliphatic heterocycles. The third-order valence-electron chi connectivity index (χ3n) is 3.56. The average molecular weight is 263 g/mol. The zero-order valence-corrected chi connectivity index (χ0v) is 12.3. The minimum absolute atomic E-state index is 1.08. The van der Waals surface area contributed by atoms with Gasteiger partial charge in [-0.25, -0.2) is 0 Å². The maximum atomic E-state index is 4.34. The van der Waals surface area contributed by atoms with Crippen molar-refractivity contribution in [2.75, 3.05) is 0 Å². The normalized spacial score (nSPS) is 10.3. The predicted octanol–water partition coefficient (Wildman–Crippen LogP) is 5.90. The van der Waals surface area contributed by atoms with Crippen molar-refractivity contribution in [3.05, 3.63) is 84.3 Å². The lowest BCUT2D eigenvalue weighted by Gasteiger charge is -2.13. The number of unbranched alkanes of at least 4 members (excludes halogenated alkanes) is 2. The smallest absolute Gasteiger partial charge is 0.0119 e. The van der Waals surface area contributed by atoms with E-state index in [0.29, 0.717) is 0 Å². The molecule has 0 amide bonds. The predicted molar refractivity (Wildman–Crippen MR) is 88.4 cm³/mol. The Hall–Kier alpha value is -1.82. The average Bonchev–Trinajstić information content (AvgIpc) is 2.50. The van der Waals surface area contributed by atoms with Gasteiger partial charge < -0.3 is 0 Å². The molecule has 103 valence electrons. The van der Waals surface area contributed by atoms with Gasteiger partial charge in [0.25, 0.3) is 0 Å². The van der Waals surface area contributed by atoms with Crippen molar-refractivity contribution in [2.24, 2.45) is 0 Å². The summed E-state index contributed by atoms with van der Waals surface area (Å²) < 4.78 is 0. The molecule has 0 aromatic heterocycles. The van der Waals surface area contributed by atoms with E-state index in [0.717, 1.165) is 6.42 Å². The minimum atomic E-state index is 1.08. The van der Waals surface area contributed by atoms with Crippen LogP contribution in [-0.4, -0.2) is 0 Å². The summed E-state index contributed by atoms with van der Waals surface area (Å²) in [4.78, 5) is 0. The van der Waals surface area contributed by atoms with Gasteiger partial charge in [-0.3, -0.25) is 0 Å². The molecule has 0 heterocycles. The zero-order chi connectivity index (χ0) is 14.2. The van der Waals surface area contributed by atoms with Crippen LogP contribution < -0.4 is 0 Å². The van der Waals surface area contributed by atoms with E-state index in [4.69, 9.17) is 0 Å². The first kappa shape index (κ1) is 14.6. The Balaban J connectivity index is 2.37. The van der Waals surface area contributed by atoms with Gasteiger partial charge in [-0.1, -0.05) is 86.0 Å². The molecular weight excluding hydrogens is 240 g/mol. The van der Waals surface area contributed by atoms with Crippen LogP contribution in [0.5, 0.6) is 0 Å². The van der Waals surface area contributed by atoms with Gasteiger partial charge in [0.05, 0.1) is 0 Å². The molecular formula is C20H23. The fourth-order valence-electron chi connectivity index (χ4n) is 2.50. The van der Waals surface area contributed by atoms with E-state index in [-0.39, 0.29) is 0 Å². The molecule has 0 unspecified atom stereocenters. The van der Waals surface area contributed by atoms with Crippen molar-refractivity contribution in [1.82, 2.24) is 0 Å². The van der Waals surface area contributed by atoms with E-state index in [2.05, 4.69) is 74.5 Å². The van der Waals surface area contributed by atoms with E-state index >= 15 is 0 Å². The van der Waals surface area contributed by atoms with E-state index in [1.165, 1.54) is 41.5 Å². The molecule has 0 aliphatic rings. The number of hydrogen-bond acceptors (Lipinski definition) is 0. The highest BCUT2D eigenvalue weighted by atomic mass is 14.1. The largest absolute Gasteiger partial charge is 0.0654 e. The van der Waals surface area contributed by atoms with E-state index in [1.54, 1.807) is 0 Å². The van der Waals surface area contributed by atoms with Crippen LogP contribution in [0.2, 0.25) is 0 Å². The molecule has 0 heteroatoms. The summed E-state index contributed by atoms with van der Waals surface area (Å²) in [6.07, 6.45) is 4.82. The molecule has 0 saturated heterocycles. The third-order valence-corrected chi connectivity index (χ3v) is 3.56. The molecule has 1 radical (unpaired) electrons. The van der Waals surface area contributed by atoms with Crippen molar-refractivity contribution in [2.45, 2.75) is 32.6 Å². The molecule has 2 rings (SSSR count). The minimum Gasteiger partial charge on any atom is -0.0654 e. The van der Waals surface area contributed by atoms with Crippen LogP contribution in [0.4, 0.5) is 0 Å². The highest BCUT2D eigenvalue weighted by Crippen LogP contribution is 2.28. The third kappa shape index (κ3) is 3.84. The second kappa shape index (κ2) is 7.69. The molecule has 2 aromatic rings. The standard InChI is InChI=1S/C20H23/c1-3-4-7-12-17(2)20(18-13-8-5-9-14-18)19-15-10-6-11-16-19/h5-6,8-11,13-16H,2-4,7,12H2,1H3. The molecule has 0 atom stereocenters. The van der Waals surface area contributed by atoms with Crippen molar-refractivity contribution in [3.8, 4) is 0 Å². The lowest BCUT2D eigenvalue weighted by molar-refractivity contribution is 0.719. The molecule has 0 N–H and O–H groups in total. The fourth-order valence-corrected chi connectivity index (χ4v) is 2.50. The monoisotopic (exact) mass is 263 g/mol. The Bertz CT molecular complexity index is 493. The molecule has 0 bridgehead atoms. The number of hydrogen-bond donors (Lipinski definition) is 0. The Kier molecular flexibility index (Phi) is 5.61. The highest BCUT2D eigenvalue weighted by molar-refractivity contribution is 5.82. The second-order valence-electron chi connectivity index (χ2n) is 5.17. The second-order valence-corrected chi connectivity index (χ2v) is 5.17. The molecule has 20 heavy (non-hydrogen) atoms. The van der Waals surface area contributed by atoms with Gasteiger partial charge in [-0.15, -0.1) is 0 Å². The number of rotatable bonds is 6. The Morgan fingerprint density at radius 2 is 1.30 bits per heavy atom. The zero-order valence-electron chi connectivity index (χ0n) is 12.3. The number of allylic oxidation sites excluding steroid dienone is 1. The summed E-state index contributed by atoms with van der Waals surface area (Å²) in [6, 6.07) is 21.2. The Labute approximate surface area is 123 Å². The fraction of sp³-hybridized carbons (Fsp3) is 0.250. The summed E-state index contributed by atoms with van der Waals surface area (Å²) in [6.45, 7) is 6.58. The first-order valence-electron chi connectivity index (χ1n) is 7.49.